The molecule has 0 saturated carbocycles. The van der Waals surface area contributed by atoms with Crippen molar-refractivity contribution in [2.24, 2.45) is 0 Å². The van der Waals surface area contributed by atoms with E-state index < -0.39 is 10.0 Å². The molecule has 0 aliphatic heterocycles. The molecule has 0 spiro atoms. The topological polar surface area (TPSA) is 66.4 Å². The van der Waals surface area contributed by atoms with Gasteiger partial charge in [-0.05, 0) is 12.1 Å². The van der Waals surface area contributed by atoms with Crippen molar-refractivity contribution in [3.05, 3.63) is 29.8 Å². The molecule has 0 aromatic heterocycles. The van der Waals surface area contributed by atoms with Gasteiger partial charge >= 0.3 is 0 Å². The number of benzene rings is 1. The summed E-state index contributed by atoms with van der Waals surface area (Å²) in [7, 11) is -3.30. The zero-order valence-electron chi connectivity index (χ0n) is 8.19. The van der Waals surface area contributed by atoms with Crippen molar-refractivity contribution in [1.29, 1.82) is 0 Å². The predicted molar refractivity (Wildman–Crippen MR) is 58.9 cm³/mol. The molecule has 1 aromatic carbocycles. The van der Waals surface area contributed by atoms with Crippen LogP contribution in [0.2, 0.25) is 0 Å². The Morgan fingerprint density at radius 2 is 2.07 bits per heavy atom. The lowest BCUT2D eigenvalue weighted by atomic mass is 10.2. The lowest BCUT2D eigenvalue weighted by molar-refractivity contribution is 0.350. The molecular formula is C10H11NO3S. The van der Waals surface area contributed by atoms with Crippen LogP contribution >= 0.6 is 0 Å². The number of rotatable bonds is 2. The van der Waals surface area contributed by atoms with Gasteiger partial charge in [-0.1, -0.05) is 24.0 Å². The van der Waals surface area contributed by atoms with Crippen LogP contribution < -0.4 is 4.72 Å². The molecule has 80 valence electrons. The maximum absolute atomic E-state index is 11.0. The van der Waals surface area contributed by atoms with E-state index in [9.17, 15) is 8.42 Å². The average molecular weight is 225 g/mol. The summed E-state index contributed by atoms with van der Waals surface area (Å²) in [5.41, 5.74) is 0.956. The molecule has 0 bridgehead atoms. The van der Waals surface area contributed by atoms with Gasteiger partial charge in [-0.25, -0.2) is 8.42 Å². The van der Waals surface area contributed by atoms with Crippen molar-refractivity contribution in [1.82, 2.24) is 0 Å². The second-order valence-electron chi connectivity index (χ2n) is 2.88. The molecular weight excluding hydrogens is 214 g/mol. The second-order valence-corrected chi connectivity index (χ2v) is 4.63. The number of hydrogen-bond donors (Lipinski definition) is 2. The SMILES string of the molecule is CS(=O)(=O)Nc1ccccc1C#CCO. The summed E-state index contributed by atoms with van der Waals surface area (Å²) in [4.78, 5) is 0. The van der Waals surface area contributed by atoms with Crippen LogP contribution in [0.15, 0.2) is 24.3 Å². The molecule has 2 N–H and O–H groups in total. The number of nitrogens with one attached hydrogen (secondary N) is 1. The minimum Gasteiger partial charge on any atom is -0.384 e. The monoisotopic (exact) mass is 225 g/mol. The summed E-state index contributed by atoms with van der Waals surface area (Å²) >= 11 is 0. The van der Waals surface area contributed by atoms with Crippen molar-refractivity contribution in [3.63, 3.8) is 0 Å². The van der Waals surface area contributed by atoms with Gasteiger partial charge in [0.05, 0.1) is 11.9 Å². The van der Waals surface area contributed by atoms with Gasteiger partial charge in [0.15, 0.2) is 0 Å². The van der Waals surface area contributed by atoms with Crippen molar-refractivity contribution < 1.29 is 13.5 Å². The molecule has 1 rings (SSSR count). The summed E-state index contributed by atoms with van der Waals surface area (Å²) < 4.78 is 24.4. The molecule has 0 atom stereocenters. The third kappa shape index (κ3) is 4.02. The smallest absolute Gasteiger partial charge is 0.229 e. The van der Waals surface area contributed by atoms with Crippen LogP contribution in [0.1, 0.15) is 5.56 Å². The summed E-state index contributed by atoms with van der Waals surface area (Å²) in [5, 5.41) is 8.54. The van der Waals surface area contributed by atoms with E-state index in [1.807, 2.05) is 0 Å². The lowest BCUT2D eigenvalue weighted by Crippen LogP contribution is -2.10. The molecule has 0 fully saturated rings. The predicted octanol–water partition coefficient (Wildman–Crippen LogP) is 0.402. The third-order valence-corrected chi connectivity index (χ3v) is 2.12. The van der Waals surface area contributed by atoms with Gasteiger partial charge in [-0.15, -0.1) is 0 Å². The van der Waals surface area contributed by atoms with Crippen LogP contribution in [0.25, 0.3) is 0 Å². The summed E-state index contributed by atoms with van der Waals surface area (Å²) in [6.45, 7) is -0.257. The molecule has 0 saturated heterocycles. The highest BCUT2D eigenvalue weighted by molar-refractivity contribution is 7.92. The van der Waals surface area contributed by atoms with Gasteiger partial charge in [0.25, 0.3) is 0 Å². The Labute approximate surface area is 89.0 Å². The number of aliphatic hydroxyl groups excluding tert-OH is 1. The van der Waals surface area contributed by atoms with Gasteiger partial charge in [0, 0.05) is 5.56 Å². The molecule has 0 aliphatic rings. The van der Waals surface area contributed by atoms with Gasteiger partial charge < -0.3 is 5.11 Å². The van der Waals surface area contributed by atoms with E-state index in [0.29, 0.717) is 11.3 Å². The quantitative estimate of drug-likeness (QED) is 0.716. The molecule has 0 aliphatic carbocycles. The number of anilines is 1. The number of para-hydroxylation sites is 1. The van der Waals surface area contributed by atoms with E-state index in [1.54, 1.807) is 24.3 Å². The Bertz CT molecular complexity index is 497. The standard InChI is InChI=1S/C10H11NO3S/c1-15(13,14)11-10-7-3-2-5-9(10)6-4-8-12/h2-3,5,7,11-12H,8H2,1H3. The number of sulfonamides is 1. The number of aliphatic hydroxyl groups is 1. The Kier molecular flexibility index (Phi) is 3.72. The second kappa shape index (κ2) is 4.82. The molecule has 0 unspecified atom stereocenters. The lowest BCUT2D eigenvalue weighted by Gasteiger charge is -2.05. The summed E-state index contributed by atoms with van der Waals surface area (Å²) in [6, 6.07) is 6.74. The van der Waals surface area contributed by atoms with Crippen LogP contribution in [0.3, 0.4) is 0 Å². The highest BCUT2D eigenvalue weighted by atomic mass is 32.2. The van der Waals surface area contributed by atoms with E-state index in [1.165, 1.54) is 0 Å². The Balaban J connectivity index is 3.07. The zero-order chi connectivity index (χ0) is 11.3. The normalized spacial score (nSPS) is 10.3. The van der Waals surface area contributed by atoms with Gasteiger partial charge in [0.2, 0.25) is 10.0 Å². The fourth-order valence-corrected chi connectivity index (χ4v) is 1.59. The third-order valence-electron chi connectivity index (χ3n) is 1.52. The fraction of sp³-hybridized carbons (Fsp3) is 0.200. The maximum atomic E-state index is 11.0. The largest absolute Gasteiger partial charge is 0.384 e. The minimum absolute atomic E-state index is 0.257. The molecule has 1 aromatic rings. The highest BCUT2D eigenvalue weighted by Gasteiger charge is 2.04. The number of hydrogen-bond acceptors (Lipinski definition) is 3. The van der Waals surface area contributed by atoms with Gasteiger partial charge in [0.1, 0.15) is 6.61 Å². The first-order valence-electron chi connectivity index (χ1n) is 4.19. The van der Waals surface area contributed by atoms with E-state index >= 15 is 0 Å². The van der Waals surface area contributed by atoms with Crippen molar-refractivity contribution >= 4 is 15.7 Å². The maximum Gasteiger partial charge on any atom is 0.229 e. The molecule has 0 heterocycles. The van der Waals surface area contributed by atoms with E-state index in [-0.39, 0.29) is 6.61 Å². The van der Waals surface area contributed by atoms with E-state index in [4.69, 9.17) is 5.11 Å². The van der Waals surface area contributed by atoms with Crippen molar-refractivity contribution in [3.8, 4) is 11.8 Å². The molecule has 0 amide bonds. The van der Waals surface area contributed by atoms with Crippen LogP contribution in [0, 0.1) is 11.8 Å². The Morgan fingerprint density at radius 3 is 2.67 bits per heavy atom. The zero-order valence-corrected chi connectivity index (χ0v) is 9.00. The summed E-state index contributed by atoms with van der Waals surface area (Å²) in [5.74, 6) is 5.12. The minimum atomic E-state index is -3.30. The van der Waals surface area contributed by atoms with Crippen LogP contribution in [0.4, 0.5) is 5.69 Å². The molecule has 0 radical (unpaired) electrons. The summed E-state index contributed by atoms with van der Waals surface area (Å²) in [6.07, 6.45) is 1.07. The van der Waals surface area contributed by atoms with Crippen molar-refractivity contribution in [2.45, 2.75) is 0 Å². The first-order valence-corrected chi connectivity index (χ1v) is 6.08. The molecule has 5 heteroatoms. The van der Waals surface area contributed by atoms with Crippen molar-refractivity contribution in [2.75, 3.05) is 17.6 Å². The Hall–Kier alpha value is -1.51. The van der Waals surface area contributed by atoms with Crippen LogP contribution in [0.5, 0.6) is 0 Å². The van der Waals surface area contributed by atoms with Crippen LogP contribution in [-0.4, -0.2) is 26.4 Å². The van der Waals surface area contributed by atoms with Crippen LogP contribution in [-0.2, 0) is 10.0 Å². The fourth-order valence-electron chi connectivity index (χ4n) is 1.02. The molecule has 4 nitrogen and oxygen atoms in total. The van der Waals surface area contributed by atoms with E-state index in [2.05, 4.69) is 16.6 Å². The first kappa shape index (κ1) is 11.6. The Morgan fingerprint density at radius 1 is 1.40 bits per heavy atom. The van der Waals surface area contributed by atoms with E-state index in [0.717, 1.165) is 6.26 Å². The first-order chi connectivity index (χ1) is 7.03. The highest BCUT2D eigenvalue weighted by Crippen LogP contribution is 2.14. The molecule has 15 heavy (non-hydrogen) atoms. The average Bonchev–Trinajstić information content (AvgIpc) is 2.14. The van der Waals surface area contributed by atoms with Gasteiger partial charge in [-0.2, -0.15) is 0 Å². The van der Waals surface area contributed by atoms with Gasteiger partial charge in [-0.3, -0.25) is 4.72 Å².